The Bertz CT molecular complexity index is 424. The average Bonchev–Trinajstić information content (AvgIpc) is 2.26. The highest BCUT2D eigenvalue weighted by Gasteiger charge is 2.09. The fourth-order valence-electron chi connectivity index (χ4n) is 1.20. The van der Waals surface area contributed by atoms with Gasteiger partial charge in [-0.3, -0.25) is 10.1 Å². The highest BCUT2D eigenvalue weighted by molar-refractivity contribution is 5.56. The summed E-state index contributed by atoms with van der Waals surface area (Å²) in [6.07, 6.45) is 5.05. The van der Waals surface area contributed by atoms with Gasteiger partial charge in [-0.15, -0.1) is 6.42 Å². The van der Waals surface area contributed by atoms with Crippen LogP contribution in [0.3, 0.4) is 0 Å². The Balaban J connectivity index is 2.99. The van der Waals surface area contributed by atoms with Crippen LogP contribution in [0.15, 0.2) is 18.2 Å². The first kappa shape index (κ1) is 11.9. The van der Waals surface area contributed by atoms with Gasteiger partial charge in [0.05, 0.1) is 11.0 Å². The minimum atomic E-state index is -0.469. The Morgan fingerprint density at radius 2 is 2.31 bits per heavy atom. The van der Waals surface area contributed by atoms with Crippen molar-refractivity contribution in [2.24, 2.45) is 0 Å². The van der Waals surface area contributed by atoms with E-state index in [-0.39, 0.29) is 12.3 Å². The molecule has 0 fully saturated rings. The summed E-state index contributed by atoms with van der Waals surface area (Å²) in [5, 5.41) is 13.6. The van der Waals surface area contributed by atoms with E-state index in [1.807, 2.05) is 6.92 Å². The molecule has 0 saturated carbocycles. The van der Waals surface area contributed by atoms with Gasteiger partial charge in [-0.25, -0.2) is 0 Å². The van der Waals surface area contributed by atoms with E-state index in [0.717, 1.165) is 0 Å². The molecule has 1 N–H and O–H groups in total. The van der Waals surface area contributed by atoms with Gasteiger partial charge in [0.1, 0.15) is 12.4 Å². The quantitative estimate of drug-likeness (QED) is 0.468. The molecule has 1 aromatic rings. The van der Waals surface area contributed by atoms with Crippen LogP contribution >= 0.6 is 0 Å². The van der Waals surface area contributed by atoms with Gasteiger partial charge in [0.25, 0.3) is 5.69 Å². The summed E-state index contributed by atoms with van der Waals surface area (Å²) in [4.78, 5) is 10.2. The number of anilines is 1. The smallest absolute Gasteiger partial charge is 0.275 e. The number of hydrogen-bond donors (Lipinski definition) is 1. The zero-order valence-electron chi connectivity index (χ0n) is 8.90. The molecule has 0 aromatic heterocycles. The summed E-state index contributed by atoms with van der Waals surface area (Å²) >= 11 is 0. The predicted molar refractivity (Wildman–Crippen MR) is 61.6 cm³/mol. The van der Waals surface area contributed by atoms with E-state index in [9.17, 15) is 10.1 Å². The molecule has 0 unspecified atom stereocenters. The monoisotopic (exact) mass is 220 g/mol. The van der Waals surface area contributed by atoms with Crippen molar-refractivity contribution in [3.05, 3.63) is 28.3 Å². The largest absolute Gasteiger partial charge is 0.481 e. The standard InChI is InChI=1S/C11H12N2O3/c1-3-5-16-11-7-9(12-4-2)6-10(8-11)13(14)15/h1,6-8,12H,4-5H2,2H3. The van der Waals surface area contributed by atoms with Crippen molar-refractivity contribution in [3.8, 4) is 18.1 Å². The summed E-state index contributed by atoms with van der Waals surface area (Å²) in [5.74, 6) is 2.70. The number of nitrogens with zero attached hydrogens (tertiary/aromatic N) is 1. The van der Waals surface area contributed by atoms with Crippen LogP contribution in [0.1, 0.15) is 6.92 Å². The van der Waals surface area contributed by atoms with Crippen molar-refractivity contribution < 1.29 is 9.66 Å². The zero-order chi connectivity index (χ0) is 12.0. The Morgan fingerprint density at radius 1 is 1.56 bits per heavy atom. The van der Waals surface area contributed by atoms with Gasteiger partial charge in [0.2, 0.25) is 0 Å². The third kappa shape index (κ3) is 3.17. The lowest BCUT2D eigenvalue weighted by atomic mass is 10.2. The lowest BCUT2D eigenvalue weighted by molar-refractivity contribution is -0.384. The van der Waals surface area contributed by atoms with Crippen molar-refractivity contribution in [1.82, 2.24) is 0 Å². The van der Waals surface area contributed by atoms with Crippen LogP contribution in [0.25, 0.3) is 0 Å². The number of nitrogens with one attached hydrogen (secondary N) is 1. The van der Waals surface area contributed by atoms with Crippen LogP contribution in [-0.4, -0.2) is 18.1 Å². The van der Waals surface area contributed by atoms with Gasteiger partial charge in [-0.05, 0) is 6.92 Å². The first-order valence-corrected chi connectivity index (χ1v) is 4.77. The van der Waals surface area contributed by atoms with Gasteiger partial charge in [-0.2, -0.15) is 0 Å². The highest BCUT2D eigenvalue weighted by Crippen LogP contribution is 2.25. The Morgan fingerprint density at radius 3 is 2.88 bits per heavy atom. The summed E-state index contributed by atoms with van der Waals surface area (Å²) in [6, 6.07) is 4.47. The van der Waals surface area contributed by atoms with Gasteiger partial charge < -0.3 is 10.1 Å². The third-order valence-corrected chi connectivity index (χ3v) is 1.81. The molecule has 16 heavy (non-hydrogen) atoms. The van der Waals surface area contributed by atoms with Crippen molar-refractivity contribution in [3.63, 3.8) is 0 Å². The van der Waals surface area contributed by atoms with Crippen molar-refractivity contribution in [1.29, 1.82) is 0 Å². The number of non-ortho nitro benzene ring substituents is 1. The van der Waals surface area contributed by atoms with Crippen LogP contribution in [0.5, 0.6) is 5.75 Å². The van der Waals surface area contributed by atoms with Gasteiger partial charge in [0, 0.05) is 24.4 Å². The second-order valence-electron chi connectivity index (χ2n) is 3.00. The maximum absolute atomic E-state index is 10.7. The molecule has 1 aromatic carbocycles. The van der Waals surface area contributed by atoms with Crippen molar-refractivity contribution in [2.45, 2.75) is 6.92 Å². The van der Waals surface area contributed by atoms with E-state index in [1.54, 1.807) is 6.07 Å². The Hall–Kier alpha value is -2.22. The average molecular weight is 220 g/mol. The number of nitro benzene ring substituents is 1. The summed E-state index contributed by atoms with van der Waals surface area (Å²) in [6.45, 7) is 2.67. The molecule has 84 valence electrons. The molecule has 5 heteroatoms. The molecule has 0 amide bonds. The number of benzene rings is 1. The SMILES string of the molecule is C#CCOc1cc(NCC)cc([N+](=O)[O-])c1. The molecule has 0 saturated heterocycles. The van der Waals surface area contributed by atoms with Crippen molar-refractivity contribution in [2.75, 3.05) is 18.5 Å². The normalized spacial score (nSPS) is 9.25. The van der Waals surface area contributed by atoms with E-state index >= 15 is 0 Å². The molecule has 0 heterocycles. The first-order valence-electron chi connectivity index (χ1n) is 4.77. The number of ether oxygens (including phenoxy) is 1. The van der Waals surface area contributed by atoms with Crippen LogP contribution in [0, 0.1) is 22.5 Å². The topological polar surface area (TPSA) is 64.4 Å². The Kier molecular flexibility index (Phi) is 4.16. The molecule has 0 aliphatic carbocycles. The van der Waals surface area contributed by atoms with E-state index < -0.39 is 4.92 Å². The fourth-order valence-corrected chi connectivity index (χ4v) is 1.20. The number of terminal acetylenes is 1. The van der Waals surface area contributed by atoms with Crippen molar-refractivity contribution >= 4 is 11.4 Å². The molecule has 1 rings (SSSR count). The molecule has 0 aliphatic rings. The van der Waals surface area contributed by atoms with Crippen LogP contribution in [-0.2, 0) is 0 Å². The van der Waals surface area contributed by atoms with Crippen LogP contribution in [0.4, 0.5) is 11.4 Å². The molecule has 0 aliphatic heterocycles. The molecular formula is C11H12N2O3. The summed E-state index contributed by atoms with van der Waals surface area (Å²) in [5.41, 5.74) is 0.620. The van der Waals surface area contributed by atoms with E-state index in [1.165, 1.54) is 12.1 Å². The number of nitro groups is 1. The number of hydrogen-bond acceptors (Lipinski definition) is 4. The summed E-state index contributed by atoms with van der Waals surface area (Å²) < 4.78 is 5.15. The predicted octanol–water partition coefficient (Wildman–Crippen LogP) is 2.04. The van der Waals surface area contributed by atoms with E-state index in [4.69, 9.17) is 11.2 Å². The van der Waals surface area contributed by atoms with Crippen LogP contribution in [0.2, 0.25) is 0 Å². The molecule has 0 bridgehead atoms. The molecule has 0 spiro atoms. The van der Waals surface area contributed by atoms with Crippen LogP contribution < -0.4 is 10.1 Å². The number of rotatable bonds is 5. The second-order valence-corrected chi connectivity index (χ2v) is 3.00. The van der Waals surface area contributed by atoms with Gasteiger partial charge >= 0.3 is 0 Å². The maximum Gasteiger partial charge on any atom is 0.275 e. The third-order valence-electron chi connectivity index (χ3n) is 1.81. The lowest BCUT2D eigenvalue weighted by Crippen LogP contribution is -2.00. The highest BCUT2D eigenvalue weighted by atomic mass is 16.6. The Labute approximate surface area is 93.6 Å². The van der Waals surface area contributed by atoms with Gasteiger partial charge in [-0.1, -0.05) is 5.92 Å². The zero-order valence-corrected chi connectivity index (χ0v) is 8.90. The maximum atomic E-state index is 10.7. The van der Waals surface area contributed by atoms with E-state index in [2.05, 4.69) is 11.2 Å². The summed E-state index contributed by atoms with van der Waals surface area (Å²) in [7, 11) is 0. The molecule has 5 nitrogen and oxygen atoms in total. The van der Waals surface area contributed by atoms with Gasteiger partial charge in [0.15, 0.2) is 0 Å². The van der Waals surface area contributed by atoms with E-state index in [0.29, 0.717) is 18.0 Å². The first-order chi connectivity index (χ1) is 7.67. The molecular weight excluding hydrogens is 208 g/mol. The minimum absolute atomic E-state index is 0.0227. The second kappa shape index (κ2) is 5.61. The fraction of sp³-hybridized carbons (Fsp3) is 0.273. The molecule has 0 radical (unpaired) electrons. The lowest BCUT2D eigenvalue weighted by Gasteiger charge is -2.07. The minimum Gasteiger partial charge on any atom is -0.481 e. The molecule has 0 atom stereocenters.